The van der Waals surface area contributed by atoms with Crippen LogP contribution in [0.15, 0.2) is 11.0 Å². The molecule has 0 bridgehead atoms. The SMILES string of the molecule is Cc1cc(C)c(C(C)(C)C)c([S])c1C(C)(C)C. The first-order valence-corrected chi connectivity index (χ1v) is 6.69. The van der Waals surface area contributed by atoms with E-state index in [1.165, 1.54) is 22.3 Å². The Hall–Kier alpha value is -0.560. The summed E-state index contributed by atoms with van der Waals surface area (Å²) in [4.78, 5) is 1.07. The zero-order valence-corrected chi connectivity index (χ0v) is 13.3. The van der Waals surface area contributed by atoms with E-state index in [0.29, 0.717) is 0 Å². The van der Waals surface area contributed by atoms with Crippen molar-refractivity contribution in [1.29, 1.82) is 0 Å². The Labute approximate surface area is 112 Å². The number of hydrogen-bond acceptors (Lipinski definition) is 0. The van der Waals surface area contributed by atoms with E-state index >= 15 is 0 Å². The molecular formula is C16H25S. The minimum Gasteiger partial charge on any atom is -0.0794 e. The van der Waals surface area contributed by atoms with E-state index in [9.17, 15) is 0 Å². The lowest BCUT2D eigenvalue weighted by atomic mass is 9.76. The van der Waals surface area contributed by atoms with Gasteiger partial charge in [0, 0.05) is 4.90 Å². The fourth-order valence-electron chi connectivity index (χ4n) is 2.82. The normalized spacial score (nSPS) is 12.9. The summed E-state index contributed by atoms with van der Waals surface area (Å²) in [7, 11) is 0. The minimum absolute atomic E-state index is 0.120. The molecule has 0 unspecified atom stereocenters. The van der Waals surface area contributed by atoms with Crippen molar-refractivity contribution in [3.05, 3.63) is 28.3 Å². The molecular weight excluding hydrogens is 224 g/mol. The maximum atomic E-state index is 5.76. The van der Waals surface area contributed by atoms with E-state index in [0.717, 1.165) is 4.90 Å². The second-order valence-corrected chi connectivity index (χ2v) is 7.50. The summed E-state index contributed by atoms with van der Waals surface area (Å²) in [5.41, 5.74) is 5.57. The van der Waals surface area contributed by atoms with Crippen LogP contribution in [0.5, 0.6) is 0 Å². The summed E-state index contributed by atoms with van der Waals surface area (Å²) in [6.45, 7) is 17.8. The summed E-state index contributed by atoms with van der Waals surface area (Å²) in [6, 6.07) is 2.29. The molecule has 0 aromatic heterocycles. The van der Waals surface area contributed by atoms with Crippen LogP contribution >= 0.6 is 12.6 Å². The quantitative estimate of drug-likeness (QED) is 0.573. The summed E-state index contributed by atoms with van der Waals surface area (Å²) in [6.07, 6.45) is 0. The highest BCUT2D eigenvalue weighted by Crippen LogP contribution is 2.40. The summed E-state index contributed by atoms with van der Waals surface area (Å²) in [5.74, 6) is 0. The average molecular weight is 249 g/mol. The number of benzene rings is 1. The van der Waals surface area contributed by atoms with Gasteiger partial charge in [0.1, 0.15) is 0 Å². The van der Waals surface area contributed by atoms with Crippen LogP contribution < -0.4 is 0 Å². The van der Waals surface area contributed by atoms with Crippen molar-refractivity contribution in [3.63, 3.8) is 0 Å². The molecule has 0 heterocycles. The van der Waals surface area contributed by atoms with E-state index in [1.807, 2.05) is 0 Å². The highest BCUT2D eigenvalue weighted by Gasteiger charge is 2.27. The molecule has 0 amide bonds. The molecule has 17 heavy (non-hydrogen) atoms. The Balaban J connectivity index is 3.67. The first-order chi connectivity index (χ1) is 7.46. The predicted octanol–water partition coefficient (Wildman–Crippen LogP) is 5.45. The first kappa shape index (κ1) is 14.5. The van der Waals surface area contributed by atoms with E-state index < -0.39 is 0 Å². The van der Waals surface area contributed by atoms with E-state index in [1.54, 1.807) is 0 Å². The van der Waals surface area contributed by atoms with Gasteiger partial charge < -0.3 is 0 Å². The second kappa shape index (κ2) is 4.28. The van der Waals surface area contributed by atoms with Gasteiger partial charge in [-0.1, -0.05) is 60.2 Å². The third kappa shape index (κ3) is 2.82. The van der Waals surface area contributed by atoms with Gasteiger partial charge in [0.25, 0.3) is 0 Å². The lowest BCUT2D eigenvalue weighted by Gasteiger charge is -2.30. The molecule has 95 valence electrons. The van der Waals surface area contributed by atoms with Crippen molar-refractivity contribution < 1.29 is 0 Å². The smallest absolute Gasteiger partial charge is 0.0457 e. The predicted molar refractivity (Wildman–Crippen MR) is 79.2 cm³/mol. The van der Waals surface area contributed by atoms with Crippen LogP contribution in [0.3, 0.4) is 0 Å². The Bertz CT molecular complexity index is 390. The maximum Gasteiger partial charge on any atom is 0.0457 e. The van der Waals surface area contributed by atoms with Crippen molar-refractivity contribution in [3.8, 4) is 0 Å². The molecule has 1 rings (SSSR count). The van der Waals surface area contributed by atoms with Crippen molar-refractivity contribution >= 4 is 12.6 Å². The maximum absolute atomic E-state index is 5.76. The lowest BCUT2D eigenvalue weighted by molar-refractivity contribution is 0.541. The fourth-order valence-corrected chi connectivity index (χ4v) is 3.75. The van der Waals surface area contributed by atoms with Crippen molar-refractivity contribution in [1.82, 2.24) is 0 Å². The molecule has 0 saturated heterocycles. The van der Waals surface area contributed by atoms with E-state index in [2.05, 4.69) is 61.5 Å². The van der Waals surface area contributed by atoms with Gasteiger partial charge in [-0.2, -0.15) is 0 Å². The zero-order valence-electron chi connectivity index (χ0n) is 12.5. The number of hydrogen-bond donors (Lipinski definition) is 0. The van der Waals surface area contributed by atoms with Gasteiger partial charge in [-0.25, -0.2) is 0 Å². The van der Waals surface area contributed by atoms with Crippen LogP contribution in [0, 0.1) is 13.8 Å². The van der Waals surface area contributed by atoms with Crippen LogP contribution in [0.2, 0.25) is 0 Å². The molecule has 1 heteroatoms. The highest BCUT2D eigenvalue weighted by atomic mass is 32.1. The standard InChI is InChI=1S/C16H25S/c1-10-9-11(2)13(16(6,7)8)14(17)12(10)15(3,4)5/h9H,1-8H3. The topological polar surface area (TPSA) is 0 Å². The van der Waals surface area contributed by atoms with Crippen molar-refractivity contribution in [2.24, 2.45) is 0 Å². The van der Waals surface area contributed by atoms with E-state index in [-0.39, 0.29) is 10.8 Å². The zero-order chi connectivity index (χ0) is 13.6. The molecule has 0 spiro atoms. The Kier molecular flexibility index (Phi) is 3.65. The molecule has 0 saturated carbocycles. The van der Waals surface area contributed by atoms with Crippen LogP contribution in [0.1, 0.15) is 63.8 Å². The largest absolute Gasteiger partial charge is 0.0794 e. The molecule has 0 nitrogen and oxygen atoms in total. The Morgan fingerprint density at radius 1 is 0.765 bits per heavy atom. The fraction of sp³-hybridized carbons (Fsp3) is 0.625. The van der Waals surface area contributed by atoms with Gasteiger partial charge in [0.15, 0.2) is 0 Å². The molecule has 0 aliphatic carbocycles. The summed E-state index contributed by atoms with van der Waals surface area (Å²) >= 11 is 5.76. The van der Waals surface area contributed by atoms with Crippen molar-refractivity contribution in [2.75, 3.05) is 0 Å². The third-order valence-electron chi connectivity index (χ3n) is 3.18. The van der Waals surface area contributed by atoms with Crippen LogP contribution in [-0.4, -0.2) is 0 Å². The summed E-state index contributed by atoms with van der Waals surface area (Å²) < 4.78 is 0. The summed E-state index contributed by atoms with van der Waals surface area (Å²) in [5, 5.41) is 0. The highest BCUT2D eigenvalue weighted by molar-refractivity contribution is 7.80. The molecule has 0 N–H and O–H groups in total. The molecule has 0 aliphatic rings. The van der Waals surface area contributed by atoms with Crippen LogP contribution in [0.4, 0.5) is 0 Å². The molecule has 0 aliphatic heterocycles. The molecule has 0 fully saturated rings. The molecule has 1 radical (unpaired) electrons. The third-order valence-corrected chi connectivity index (χ3v) is 3.58. The van der Waals surface area contributed by atoms with Crippen molar-refractivity contribution in [2.45, 2.75) is 71.1 Å². The van der Waals surface area contributed by atoms with Crippen LogP contribution in [-0.2, 0) is 10.8 Å². The van der Waals surface area contributed by atoms with Gasteiger partial charge in [-0.05, 0) is 46.9 Å². The molecule has 0 atom stereocenters. The van der Waals surface area contributed by atoms with Gasteiger partial charge in [0.2, 0.25) is 0 Å². The first-order valence-electron chi connectivity index (χ1n) is 6.28. The minimum atomic E-state index is 0.120. The number of rotatable bonds is 0. The lowest BCUT2D eigenvalue weighted by Crippen LogP contribution is -2.21. The van der Waals surface area contributed by atoms with Gasteiger partial charge in [-0.15, -0.1) is 0 Å². The monoisotopic (exact) mass is 249 g/mol. The second-order valence-electron chi connectivity index (χ2n) is 7.09. The average Bonchev–Trinajstić information content (AvgIpc) is 1.94. The molecule has 1 aromatic carbocycles. The van der Waals surface area contributed by atoms with Gasteiger partial charge in [-0.3, -0.25) is 0 Å². The van der Waals surface area contributed by atoms with Crippen LogP contribution in [0.25, 0.3) is 0 Å². The Morgan fingerprint density at radius 2 is 1.06 bits per heavy atom. The molecule has 1 aromatic rings. The number of aryl methyl sites for hydroxylation is 2. The van der Waals surface area contributed by atoms with E-state index in [4.69, 9.17) is 12.6 Å². The van der Waals surface area contributed by atoms with Gasteiger partial charge in [0.05, 0.1) is 0 Å². The van der Waals surface area contributed by atoms with Gasteiger partial charge >= 0.3 is 0 Å². The Morgan fingerprint density at radius 3 is 1.29 bits per heavy atom.